The molecule has 0 aliphatic carbocycles. The molecular formula is C9H18O3. The van der Waals surface area contributed by atoms with Crippen molar-refractivity contribution >= 4 is 5.97 Å². The van der Waals surface area contributed by atoms with Gasteiger partial charge >= 0.3 is 5.97 Å². The molecule has 0 bridgehead atoms. The lowest BCUT2D eigenvalue weighted by Crippen LogP contribution is -2.16. The number of aliphatic hydroxyl groups is 1. The minimum atomic E-state index is -0.739. The summed E-state index contributed by atoms with van der Waals surface area (Å²) in [7, 11) is 0. The van der Waals surface area contributed by atoms with E-state index >= 15 is 0 Å². The highest BCUT2D eigenvalue weighted by atomic mass is 16.4. The van der Waals surface area contributed by atoms with Crippen molar-refractivity contribution in [1.29, 1.82) is 0 Å². The van der Waals surface area contributed by atoms with Crippen LogP contribution in [0, 0.1) is 11.8 Å². The quantitative estimate of drug-likeness (QED) is 0.641. The fourth-order valence-electron chi connectivity index (χ4n) is 1.25. The fraction of sp³-hybridized carbons (Fsp3) is 0.889. The zero-order chi connectivity index (χ0) is 9.56. The maximum atomic E-state index is 10.7. The van der Waals surface area contributed by atoms with Gasteiger partial charge in [-0.3, -0.25) is 4.79 Å². The van der Waals surface area contributed by atoms with Gasteiger partial charge < -0.3 is 10.2 Å². The van der Waals surface area contributed by atoms with Crippen LogP contribution in [0.1, 0.15) is 33.1 Å². The summed E-state index contributed by atoms with van der Waals surface area (Å²) in [4.78, 5) is 10.7. The monoisotopic (exact) mass is 174 g/mol. The summed E-state index contributed by atoms with van der Waals surface area (Å²) < 4.78 is 0. The molecule has 0 aliphatic heterocycles. The molecule has 0 spiro atoms. The minimum Gasteiger partial charge on any atom is -0.481 e. The fourth-order valence-corrected chi connectivity index (χ4v) is 1.25. The predicted octanol–water partition coefficient (Wildman–Crippen LogP) is 1.51. The molecule has 1 atom stereocenters. The molecule has 0 saturated heterocycles. The van der Waals surface area contributed by atoms with Gasteiger partial charge in [-0.05, 0) is 25.2 Å². The number of aliphatic carboxylic acids is 1. The number of hydrogen-bond donors (Lipinski definition) is 2. The summed E-state index contributed by atoms with van der Waals surface area (Å²) in [6.07, 6.45) is 1.88. The number of hydrogen-bond acceptors (Lipinski definition) is 2. The zero-order valence-corrected chi connectivity index (χ0v) is 7.79. The van der Waals surface area contributed by atoms with E-state index in [4.69, 9.17) is 10.2 Å². The van der Waals surface area contributed by atoms with Crippen LogP contribution in [0.25, 0.3) is 0 Å². The third-order valence-electron chi connectivity index (χ3n) is 1.82. The summed E-state index contributed by atoms with van der Waals surface area (Å²) in [6, 6.07) is 0. The number of rotatable bonds is 6. The predicted molar refractivity (Wildman–Crippen MR) is 46.9 cm³/mol. The second-order valence-corrected chi connectivity index (χ2v) is 3.53. The van der Waals surface area contributed by atoms with Gasteiger partial charge in [0.1, 0.15) is 0 Å². The number of carbonyl (C=O) groups is 1. The van der Waals surface area contributed by atoms with Crippen LogP contribution in [0.2, 0.25) is 0 Å². The van der Waals surface area contributed by atoms with Crippen LogP contribution in [-0.2, 0) is 4.79 Å². The summed E-state index contributed by atoms with van der Waals surface area (Å²) in [5.74, 6) is -0.612. The molecule has 0 aromatic heterocycles. The second-order valence-electron chi connectivity index (χ2n) is 3.53. The molecule has 0 saturated carbocycles. The molecular weight excluding hydrogens is 156 g/mol. The Kier molecular flexibility index (Phi) is 5.72. The lowest BCUT2D eigenvalue weighted by Gasteiger charge is -2.13. The van der Waals surface area contributed by atoms with E-state index in [9.17, 15) is 4.79 Å². The van der Waals surface area contributed by atoms with Crippen LogP contribution in [0.5, 0.6) is 0 Å². The third-order valence-corrected chi connectivity index (χ3v) is 1.82. The highest BCUT2D eigenvalue weighted by Gasteiger charge is 2.17. The number of aliphatic hydroxyl groups excluding tert-OH is 1. The second kappa shape index (κ2) is 6.00. The lowest BCUT2D eigenvalue weighted by atomic mass is 9.93. The zero-order valence-electron chi connectivity index (χ0n) is 7.79. The van der Waals surface area contributed by atoms with E-state index in [0.29, 0.717) is 25.2 Å². The number of carboxylic acid groups (broad SMARTS) is 1. The maximum absolute atomic E-state index is 10.7. The maximum Gasteiger partial charge on any atom is 0.306 e. The van der Waals surface area contributed by atoms with Gasteiger partial charge in [0.2, 0.25) is 0 Å². The average molecular weight is 174 g/mol. The topological polar surface area (TPSA) is 57.5 Å². The van der Waals surface area contributed by atoms with Gasteiger partial charge in [-0.2, -0.15) is 0 Å². The Balaban J connectivity index is 3.78. The summed E-state index contributed by atoms with van der Waals surface area (Å²) in [5, 5.41) is 17.3. The Hall–Kier alpha value is -0.570. The summed E-state index contributed by atoms with van der Waals surface area (Å²) >= 11 is 0. The van der Waals surface area contributed by atoms with Crippen LogP contribution in [0.15, 0.2) is 0 Å². The molecule has 0 heterocycles. The molecule has 2 N–H and O–H groups in total. The van der Waals surface area contributed by atoms with Crippen LogP contribution in [-0.4, -0.2) is 22.8 Å². The van der Waals surface area contributed by atoms with Crippen molar-refractivity contribution in [1.82, 2.24) is 0 Å². The highest BCUT2D eigenvalue weighted by molar-refractivity contribution is 5.69. The average Bonchev–Trinajstić information content (AvgIpc) is 1.96. The molecule has 1 unspecified atom stereocenters. The Morgan fingerprint density at radius 2 is 2.00 bits per heavy atom. The summed E-state index contributed by atoms with van der Waals surface area (Å²) in [6.45, 7) is 4.10. The molecule has 3 nitrogen and oxygen atoms in total. The molecule has 0 fully saturated rings. The van der Waals surface area contributed by atoms with E-state index in [0.717, 1.165) is 0 Å². The molecule has 0 amide bonds. The van der Waals surface area contributed by atoms with Gasteiger partial charge in [0.05, 0.1) is 5.92 Å². The molecule has 0 aromatic carbocycles. The Morgan fingerprint density at radius 1 is 1.42 bits per heavy atom. The van der Waals surface area contributed by atoms with Crippen molar-refractivity contribution in [2.75, 3.05) is 6.61 Å². The van der Waals surface area contributed by atoms with Crippen molar-refractivity contribution in [3.63, 3.8) is 0 Å². The van der Waals surface area contributed by atoms with E-state index in [1.807, 2.05) is 13.8 Å². The van der Waals surface area contributed by atoms with Crippen molar-refractivity contribution in [3.05, 3.63) is 0 Å². The Labute approximate surface area is 73.4 Å². The first-order valence-corrected chi connectivity index (χ1v) is 4.41. The normalized spacial score (nSPS) is 13.3. The molecule has 0 rings (SSSR count). The molecule has 0 aromatic rings. The van der Waals surface area contributed by atoms with Gasteiger partial charge in [0, 0.05) is 6.61 Å². The Morgan fingerprint density at radius 3 is 2.33 bits per heavy atom. The summed E-state index contributed by atoms with van der Waals surface area (Å²) in [5.41, 5.74) is 0. The van der Waals surface area contributed by atoms with Gasteiger partial charge in [0.15, 0.2) is 0 Å². The van der Waals surface area contributed by atoms with E-state index in [-0.39, 0.29) is 12.5 Å². The first kappa shape index (κ1) is 11.4. The molecule has 0 aliphatic rings. The van der Waals surface area contributed by atoms with Crippen LogP contribution < -0.4 is 0 Å². The van der Waals surface area contributed by atoms with E-state index in [1.165, 1.54) is 0 Å². The number of carboxylic acids is 1. The van der Waals surface area contributed by atoms with Crippen molar-refractivity contribution in [3.8, 4) is 0 Å². The van der Waals surface area contributed by atoms with E-state index in [1.54, 1.807) is 0 Å². The highest BCUT2D eigenvalue weighted by Crippen LogP contribution is 2.16. The van der Waals surface area contributed by atoms with Gasteiger partial charge in [-0.1, -0.05) is 13.8 Å². The molecule has 0 radical (unpaired) electrons. The first-order chi connectivity index (χ1) is 5.57. The molecule has 3 heteroatoms. The van der Waals surface area contributed by atoms with E-state index in [2.05, 4.69) is 0 Å². The molecule has 12 heavy (non-hydrogen) atoms. The Bertz CT molecular complexity index is 132. The largest absolute Gasteiger partial charge is 0.481 e. The lowest BCUT2D eigenvalue weighted by molar-refractivity contribution is -0.142. The first-order valence-electron chi connectivity index (χ1n) is 4.41. The van der Waals surface area contributed by atoms with Crippen molar-refractivity contribution in [2.24, 2.45) is 11.8 Å². The minimum absolute atomic E-state index is 0.0852. The standard InChI is InChI=1S/C9H18O3/c1-7(2)6-8(9(11)12)4-3-5-10/h7-8,10H,3-6H2,1-2H3,(H,11,12). The van der Waals surface area contributed by atoms with Crippen LogP contribution >= 0.6 is 0 Å². The van der Waals surface area contributed by atoms with Crippen molar-refractivity contribution in [2.45, 2.75) is 33.1 Å². The van der Waals surface area contributed by atoms with Gasteiger partial charge in [-0.25, -0.2) is 0 Å². The third kappa shape index (κ3) is 5.13. The van der Waals surface area contributed by atoms with Gasteiger partial charge in [0.25, 0.3) is 0 Å². The van der Waals surface area contributed by atoms with Crippen LogP contribution in [0.3, 0.4) is 0 Å². The van der Waals surface area contributed by atoms with E-state index < -0.39 is 5.97 Å². The SMILES string of the molecule is CC(C)CC(CCCO)C(=O)O. The van der Waals surface area contributed by atoms with Crippen LogP contribution in [0.4, 0.5) is 0 Å². The molecule has 72 valence electrons. The van der Waals surface area contributed by atoms with Gasteiger partial charge in [-0.15, -0.1) is 0 Å². The smallest absolute Gasteiger partial charge is 0.306 e. The van der Waals surface area contributed by atoms with Crippen molar-refractivity contribution < 1.29 is 15.0 Å².